The molecule has 1 saturated heterocycles. The van der Waals surface area contributed by atoms with Crippen LogP contribution in [-0.2, 0) is 25.6 Å². The van der Waals surface area contributed by atoms with Crippen LogP contribution in [0.25, 0.3) is 0 Å². The fourth-order valence-corrected chi connectivity index (χ4v) is 3.14. The van der Waals surface area contributed by atoms with E-state index < -0.39 is 18.2 Å². The van der Waals surface area contributed by atoms with E-state index in [1.54, 1.807) is 13.2 Å². The van der Waals surface area contributed by atoms with Crippen LogP contribution in [0.15, 0.2) is 18.2 Å². The van der Waals surface area contributed by atoms with Crippen LogP contribution in [0.2, 0.25) is 0 Å². The summed E-state index contributed by atoms with van der Waals surface area (Å²) in [6, 6.07) is 5.64. The fourth-order valence-electron chi connectivity index (χ4n) is 3.14. The molecule has 0 bridgehead atoms. The monoisotopic (exact) mass is 320 g/mol. The van der Waals surface area contributed by atoms with Gasteiger partial charge in [-0.1, -0.05) is 6.07 Å². The van der Waals surface area contributed by atoms with Crippen LogP contribution in [0.1, 0.15) is 12.0 Å². The lowest BCUT2D eigenvalue weighted by Gasteiger charge is -2.34. The van der Waals surface area contributed by atoms with Crippen molar-refractivity contribution in [2.45, 2.75) is 19.1 Å². The number of hydrogen-bond acceptors (Lipinski definition) is 7. The molecule has 2 aliphatic rings. The number of methoxy groups -OCH3 is 1. The Morgan fingerprint density at radius 1 is 1.30 bits per heavy atom. The maximum Gasteiger partial charge on any atom is 0.441 e. The van der Waals surface area contributed by atoms with E-state index in [9.17, 15) is 9.59 Å². The summed E-state index contributed by atoms with van der Waals surface area (Å²) in [5, 5.41) is 1.40. The summed E-state index contributed by atoms with van der Waals surface area (Å²) in [7, 11) is 5.59. The Balaban J connectivity index is 2.00. The third-order valence-corrected chi connectivity index (χ3v) is 4.05. The highest BCUT2D eigenvalue weighted by Gasteiger charge is 2.41. The van der Waals surface area contributed by atoms with Crippen molar-refractivity contribution in [3.05, 3.63) is 23.8 Å². The number of hydrogen-bond donors (Lipinski definition) is 0. The number of fused-ring (bicyclic) bond motifs is 3. The summed E-state index contributed by atoms with van der Waals surface area (Å²) < 4.78 is 10.5. The second-order valence-corrected chi connectivity index (χ2v) is 6.13. The predicted octanol–water partition coefficient (Wildman–Crippen LogP) is 0.967. The number of carbonyl (C=O) groups excluding carboxylic acids is 2. The first kappa shape index (κ1) is 15.6. The third kappa shape index (κ3) is 3.10. The van der Waals surface area contributed by atoms with Crippen molar-refractivity contribution in [3.63, 3.8) is 0 Å². The van der Waals surface area contributed by atoms with Crippen molar-refractivity contribution >= 4 is 17.6 Å². The van der Waals surface area contributed by atoms with E-state index in [1.807, 2.05) is 26.2 Å². The van der Waals surface area contributed by atoms with E-state index >= 15 is 0 Å². The molecule has 0 saturated carbocycles. The van der Waals surface area contributed by atoms with Crippen LogP contribution in [0.5, 0.6) is 5.75 Å². The van der Waals surface area contributed by atoms with Crippen molar-refractivity contribution in [2.75, 3.05) is 32.8 Å². The van der Waals surface area contributed by atoms with Gasteiger partial charge in [-0.05, 0) is 38.1 Å². The van der Waals surface area contributed by atoms with E-state index in [1.165, 1.54) is 5.06 Å². The first-order chi connectivity index (χ1) is 11.0. The minimum atomic E-state index is -0.999. The average Bonchev–Trinajstić information content (AvgIpc) is 2.63. The van der Waals surface area contributed by atoms with Gasteiger partial charge in [0.05, 0.1) is 12.8 Å². The van der Waals surface area contributed by atoms with Crippen LogP contribution < -0.4 is 9.80 Å². The number of carbonyl (C=O) groups is 2. The molecular formula is C16H20N2O5. The zero-order valence-corrected chi connectivity index (χ0v) is 13.4. The number of hydroxylamine groups is 1. The Morgan fingerprint density at radius 2 is 2.09 bits per heavy atom. The Labute approximate surface area is 134 Å². The predicted molar refractivity (Wildman–Crippen MR) is 81.8 cm³/mol. The number of anilines is 1. The Bertz CT molecular complexity index is 631. The van der Waals surface area contributed by atoms with Gasteiger partial charge in [0.1, 0.15) is 5.75 Å². The molecule has 7 heteroatoms. The summed E-state index contributed by atoms with van der Waals surface area (Å²) in [5.74, 6) is -1.01. The molecule has 124 valence electrons. The summed E-state index contributed by atoms with van der Waals surface area (Å²) in [5.41, 5.74) is 1.74. The molecule has 2 heterocycles. The maximum absolute atomic E-state index is 11.6. The Kier molecular flexibility index (Phi) is 4.12. The molecule has 0 amide bonds. The number of benzene rings is 1. The average molecular weight is 320 g/mol. The highest BCUT2D eigenvalue weighted by molar-refractivity contribution is 6.30. The molecule has 2 aliphatic heterocycles. The van der Waals surface area contributed by atoms with E-state index in [0.717, 1.165) is 18.5 Å². The molecule has 2 unspecified atom stereocenters. The minimum Gasteiger partial charge on any atom is -0.497 e. The largest absolute Gasteiger partial charge is 0.497 e. The molecule has 3 rings (SSSR count). The van der Waals surface area contributed by atoms with Crippen molar-refractivity contribution in [1.29, 1.82) is 0 Å². The molecular weight excluding hydrogens is 300 g/mol. The maximum atomic E-state index is 11.6. The molecule has 1 fully saturated rings. The van der Waals surface area contributed by atoms with Crippen LogP contribution in [0.4, 0.5) is 5.69 Å². The van der Waals surface area contributed by atoms with Gasteiger partial charge in [0, 0.05) is 19.0 Å². The lowest BCUT2D eigenvalue weighted by Crippen LogP contribution is -2.49. The molecule has 7 nitrogen and oxygen atoms in total. The summed E-state index contributed by atoms with van der Waals surface area (Å²) >= 11 is 0. The van der Waals surface area contributed by atoms with Gasteiger partial charge < -0.3 is 19.2 Å². The van der Waals surface area contributed by atoms with Crippen molar-refractivity contribution in [2.24, 2.45) is 5.92 Å². The zero-order chi connectivity index (χ0) is 16.6. The lowest BCUT2D eigenvalue weighted by molar-refractivity contribution is -0.189. The number of rotatable bonds is 3. The molecule has 1 aromatic carbocycles. The zero-order valence-electron chi connectivity index (χ0n) is 13.4. The van der Waals surface area contributed by atoms with Crippen LogP contribution in [-0.4, -0.2) is 50.8 Å². The molecule has 1 aromatic rings. The van der Waals surface area contributed by atoms with E-state index in [-0.39, 0.29) is 5.92 Å². The van der Waals surface area contributed by atoms with Gasteiger partial charge in [0.2, 0.25) is 6.23 Å². The standard InChI is InChI=1S/C16H20N2O5/c1-17(2)9-10-6-11-4-5-12(21-3)8-13(11)18-14(7-10)22-15(19)16(20)23-18/h4-5,8,10,14H,6-7,9H2,1-3H3. The van der Waals surface area contributed by atoms with Crippen LogP contribution in [0.3, 0.4) is 0 Å². The van der Waals surface area contributed by atoms with Gasteiger partial charge in [-0.25, -0.2) is 9.59 Å². The fraction of sp³-hybridized carbons (Fsp3) is 0.500. The van der Waals surface area contributed by atoms with Gasteiger partial charge in [0.25, 0.3) is 0 Å². The first-order valence-corrected chi connectivity index (χ1v) is 7.51. The highest BCUT2D eigenvalue weighted by atomic mass is 16.8. The summed E-state index contributed by atoms with van der Waals surface area (Å²) in [4.78, 5) is 30.5. The number of ether oxygens (including phenoxy) is 2. The van der Waals surface area contributed by atoms with Gasteiger partial charge in [0.15, 0.2) is 0 Å². The number of nitrogens with zero attached hydrogens (tertiary/aromatic N) is 2. The topological polar surface area (TPSA) is 68.3 Å². The first-order valence-electron chi connectivity index (χ1n) is 7.51. The molecule has 0 N–H and O–H groups in total. The highest BCUT2D eigenvalue weighted by Crippen LogP contribution is 2.37. The normalized spacial score (nSPS) is 23.6. The van der Waals surface area contributed by atoms with Gasteiger partial charge in [-0.2, -0.15) is 5.06 Å². The molecule has 0 spiro atoms. The van der Waals surface area contributed by atoms with Gasteiger partial charge >= 0.3 is 11.9 Å². The van der Waals surface area contributed by atoms with Gasteiger partial charge in [-0.15, -0.1) is 0 Å². The van der Waals surface area contributed by atoms with E-state index in [4.69, 9.17) is 14.3 Å². The molecule has 23 heavy (non-hydrogen) atoms. The third-order valence-electron chi connectivity index (χ3n) is 4.05. The molecule has 0 aliphatic carbocycles. The van der Waals surface area contributed by atoms with Crippen LogP contribution in [0, 0.1) is 5.92 Å². The van der Waals surface area contributed by atoms with Crippen molar-refractivity contribution in [1.82, 2.24) is 4.90 Å². The smallest absolute Gasteiger partial charge is 0.441 e. The van der Waals surface area contributed by atoms with Crippen LogP contribution >= 0.6 is 0 Å². The van der Waals surface area contributed by atoms with E-state index in [0.29, 0.717) is 17.9 Å². The molecule has 2 atom stereocenters. The second-order valence-electron chi connectivity index (χ2n) is 6.13. The van der Waals surface area contributed by atoms with E-state index in [2.05, 4.69) is 4.90 Å². The van der Waals surface area contributed by atoms with Crippen molar-refractivity contribution in [3.8, 4) is 5.75 Å². The summed E-state index contributed by atoms with van der Waals surface area (Å²) in [6.45, 7) is 0.849. The molecule has 0 radical (unpaired) electrons. The SMILES string of the molecule is COc1ccc2c(c1)N1OC(=O)C(=O)OC1CC(CN(C)C)C2. The number of esters is 1. The van der Waals surface area contributed by atoms with Crippen molar-refractivity contribution < 1.29 is 23.9 Å². The summed E-state index contributed by atoms with van der Waals surface area (Å²) in [6.07, 6.45) is 0.784. The minimum absolute atomic E-state index is 0.275. The quantitative estimate of drug-likeness (QED) is 0.607. The lowest BCUT2D eigenvalue weighted by atomic mass is 9.96. The van der Waals surface area contributed by atoms with Gasteiger partial charge in [-0.3, -0.25) is 0 Å². The Morgan fingerprint density at radius 3 is 2.78 bits per heavy atom. The second kappa shape index (κ2) is 6.08. The molecule has 0 aromatic heterocycles. The Hall–Kier alpha value is -2.28.